The van der Waals surface area contributed by atoms with Gasteiger partial charge in [-0.25, -0.2) is 26.3 Å². The van der Waals surface area contributed by atoms with Crippen LogP contribution in [0.4, 0.5) is 13.2 Å². The molecule has 3 rings (SSSR count). The molecule has 190 valence electrons. The Bertz CT molecular complexity index is 1190. The highest BCUT2D eigenvalue weighted by Gasteiger charge is 2.26. The SMILES string of the molecule is N[C@@H](CC(=O)N1CCN(CC(=O)NS(=O)(=O)c2ccc(Cl)cc2)CC1)Cc1cc(F)c(F)cc1F. The van der Waals surface area contributed by atoms with Gasteiger partial charge in [-0.05, 0) is 42.3 Å². The van der Waals surface area contributed by atoms with E-state index in [0.29, 0.717) is 24.2 Å². The largest absolute Gasteiger partial charge is 0.340 e. The van der Waals surface area contributed by atoms with E-state index in [9.17, 15) is 31.2 Å². The third-order valence-corrected chi connectivity index (χ3v) is 7.11. The maximum Gasteiger partial charge on any atom is 0.264 e. The Kier molecular flexibility index (Phi) is 8.75. The zero-order valence-electron chi connectivity index (χ0n) is 18.5. The number of hydrogen-bond acceptors (Lipinski definition) is 6. The lowest BCUT2D eigenvalue weighted by Gasteiger charge is -2.34. The Hall–Kier alpha value is -2.67. The van der Waals surface area contributed by atoms with Crippen molar-refractivity contribution in [2.75, 3.05) is 32.7 Å². The van der Waals surface area contributed by atoms with Crippen molar-refractivity contribution in [2.24, 2.45) is 5.73 Å². The summed E-state index contributed by atoms with van der Waals surface area (Å²) in [5.74, 6) is -4.44. The Morgan fingerprint density at radius 2 is 1.60 bits per heavy atom. The van der Waals surface area contributed by atoms with Crippen LogP contribution in [0.5, 0.6) is 0 Å². The van der Waals surface area contributed by atoms with Crippen LogP contribution in [0, 0.1) is 17.5 Å². The third kappa shape index (κ3) is 7.40. The van der Waals surface area contributed by atoms with Crippen LogP contribution in [0.15, 0.2) is 41.3 Å². The van der Waals surface area contributed by atoms with Gasteiger partial charge in [-0.15, -0.1) is 0 Å². The van der Waals surface area contributed by atoms with Gasteiger partial charge in [-0.1, -0.05) is 11.6 Å². The smallest absolute Gasteiger partial charge is 0.264 e. The molecule has 0 spiro atoms. The molecule has 1 aliphatic rings. The van der Waals surface area contributed by atoms with E-state index in [1.54, 1.807) is 4.90 Å². The summed E-state index contributed by atoms with van der Waals surface area (Å²) >= 11 is 5.75. The molecule has 1 aliphatic heterocycles. The molecule has 0 aromatic heterocycles. The maximum atomic E-state index is 13.8. The predicted octanol–water partition coefficient (Wildman–Crippen LogP) is 1.67. The number of hydrogen-bond donors (Lipinski definition) is 2. The van der Waals surface area contributed by atoms with Crippen LogP contribution in [0.3, 0.4) is 0 Å². The van der Waals surface area contributed by atoms with E-state index in [0.717, 1.165) is 6.07 Å². The fraction of sp³-hybridized carbons (Fsp3) is 0.364. The van der Waals surface area contributed by atoms with Crippen LogP contribution in [0.1, 0.15) is 12.0 Å². The van der Waals surface area contributed by atoms with Crippen LogP contribution in [0.2, 0.25) is 5.02 Å². The number of rotatable bonds is 8. The van der Waals surface area contributed by atoms with Gasteiger partial charge in [-0.3, -0.25) is 14.5 Å². The number of nitrogens with zero attached hydrogens (tertiary/aromatic N) is 2. The Balaban J connectivity index is 1.45. The summed E-state index contributed by atoms with van der Waals surface area (Å²) in [6.45, 7) is 1.04. The first kappa shape index (κ1) is 26.9. The summed E-state index contributed by atoms with van der Waals surface area (Å²) < 4.78 is 66.8. The van der Waals surface area contributed by atoms with Gasteiger partial charge in [0.15, 0.2) is 11.6 Å². The molecule has 1 fully saturated rings. The van der Waals surface area contributed by atoms with Gasteiger partial charge in [0.1, 0.15) is 5.82 Å². The minimum absolute atomic E-state index is 0.0924. The first-order chi connectivity index (χ1) is 16.4. The molecule has 13 heteroatoms. The number of nitrogens with one attached hydrogen (secondary N) is 1. The second-order valence-corrected chi connectivity index (χ2v) is 10.3. The highest BCUT2D eigenvalue weighted by molar-refractivity contribution is 7.90. The Labute approximate surface area is 205 Å². The molecule has 0 radical (unpaired) electrons. The third-order valence-electron chi connectivity index (χ3n) is 5.47. The molecule has 0 unspecified atom stereocenters. The molecular formula is C22H24ClF3N4O4S. The van der Waals surface area contributed by atoms with Gasteiger partial charge in [0, 0.05) is 49.7 Å². The van der Waals surface area contributed by atoms with E-state index in [-0.39, 0.29) is 48.8 Å². The number of benzene rings is 2. The van der Waals surface area contributed by atoms with Crippen molar-refractivity contribution in [3.8, 4) is 0 Å². The van der Waals surface area contributed by atoms with E-state index < -0.39 is 39.4 Å². The van der Waals surface area contributed by atoms with E-state index in [4.69, 9.17) is 17.3 Å². The van der Waals surface area contributed by atoms with Crippen LogP contribution in [-0.2, 0) is 26.0 Å². The molecule has 2 aromatic carbocycles. The van der Waals surface area contributed by atoms with Crippen LogP contribution in [-0.4, -0.2) is 68.8 Å². The monoisotopic (exact) mass is 532 g/mol. The second-order valence-electron chi connectivity index (χ2n) is 8.17. The Morgan fingerprint density at radius 3 is 2.23 bits per heavy atom. The van der Waals surface area contributed by atoms with Crippen LogP contribution >= 0.6 is 11.6 Å². The molecule has 3 N–H and O–H groups in total. The topological polar surface area (TPSA) is 113 Å². The number of nitrogens with two attached hydrogens (primary N) is 1. The van der Waals surface area contributed by atoms with Gasteiger partial charge in [-0.2, -0.15) is 0 Å². The molecule has 8 nitrogen and oxygen atoms in total. The normalized spacial score (nSPS) is 15.6. The second kappa shape index (κ2) is 11.4. The zero-order valence-corrected chi connectivity index (χ0v) is 20.1. The van der Waals surface area contributed by atoms with Crippen LogP contribution < -0.4 is 10.5 Å². The average Bonchev–Trinajstić information content (AvgIpc) is 2.77. The van der Waals surface area contributed by atoms with Crippen molar-refractivity contribution in [2.45, 2.75) is 23.8 Å². The summed E-state index contributed by atoms with van der Waals surface area (Å²) in [6, 6.07) is 5.74. The molecule has 1 saturated heterocycles. The first-order valence-corrected chi connectivity index (χ1v) is 12.5. The Morgan fingerprint density at radius 1 is 1.00 bits per heavy atom. The van der Waals surface area contributed by atoms with Crippen molar-refractivity contribution < 1.29 is 31.2 Å². The molecule has 35 heavy (non-hydrogen) atoms. The average molecular weight is 533 g/mol. The number of amides is 2. The summed E-state index contributed by atoms with van der Waals surface area (Å²) in [5, 5.41) is 0.361. The number of sulfonamides is 1. The van der Waals surface area contributed by atoms with Crippen LogP contribution in [0.25, 0.3) is 0 Å². The highest BCUT2D eigenvalue weighted by Crippen LogP contribution is 2.17. The van der Waals surface area contributed by atoms with Crippen molar-refractivity contribution in [3.05, 3.63) is 64.4 Å². The fourth-order valence-electron chi connectivity index (χ4n) is 3.64. The van der Waals surface area contributed by atoms with Gasteiger partial charge >= 0.3 is 0 Å². The summed E-state index contributed by atoms with van der Waals surface area (Å²) in [5.41, 5.74) is 5.80. The minimum Gasteiger partial charge on any atom is -0.340 e. The predicted molar refractivity (Wildman–Crippen MR) is 122 cm³/mol. The number of piperazine rings is 1. The lowest BCUT2D eigenvalue weighted by Crippen LogP contribution is -2.52. The van der Waals surface area contributed by atoms with Gasteiger partial charge in [0.25, 0.3) is 10.0 Å². The minimum atomic E-state index is -4.03. The van der Waals surface area contributed by atoms with Crippen molar-refractivity contribution in [1.29, 1.82) is 0 Å². The zero-order chi connectivity index (χ0) is 25.8. The first-order valence-electron chi connectivity index (χ1n) is 10.6. The van der Waals surface area contributed by atoms with E-state index in [2.05, 4.69) is 0 Å². The summed E-state index contributed by atoms with van der Waals surface area (Å²) in [4.78, 5) is 27.9. The molecular weight excluding hydrogens is 509 g/mol. The van der Waals surface area contributed by atoms with E-state index in [1.165, 1.54) is 29.2 Å². The lowest BCUT2D eigenvalue weighted by molar-refractivity contribution is -0.133. The standard InChI is InChI=1S/C22H24ClF3N4O4S/c23-15-1-3-17(4-2-15)35(33,34)28-21(31)13-29-5-7-30(8-6-29)22(32)11-16(27)9-14-10-19(25)20(26)12-18(14)24/h1-4,10,12,16H,5-9,11,13,27H2,(H,28,31)/t16-/m1/s1. The van der Waals surface area contributed by atoms with Gasteiger partial charge in [0.2, 0.25) is 11.8 Å². The molecule has 0 saturated carbocycles. The molecule has 0 bridgehead atoms. The van der Waals surface area contributed by atoms with Gasteiger partial charge < -0.3 is 10.6 Å². The van der Waals surface area contributed by atoms with E-state index >= 15 is 0 Å². The highest BCUT2D eigenvalue weighted by atomic mass is 35.5. The summed E-state index contributed by atoms with van der Waals surface area (Å²) in [6.07, 6.45) is -0.269. The molecule has 2 amide bonds. The summed E-state index contributed by atoms with van der Waals surface area (Å²) in [7, 11) is -4.03. The quantitative estimate of drug-likeness (QED) is 0.500. The molecule has 1 atom stereocenters. The molecule has 2 aromatic rings. The molecule has 1 heterocycles. The number of halogens is 4. The number of carbonyl (C=O) groups excluding carboxylic acids is 2. The van der Waals surface area contributed by atoms with Crippen molar-refractivity contribution in [3.63, 3.8) is 0 Å². The van der Waals surface area contributed by atoms with Gasteiger partial charge in [0.05, 0.1) is 11.4 Å². The number of carbonyl (C=O) groups is 2. The van der Waals surface area contributed by atoms with E-state index in [1.807, 2.05) is 4.72 Å². The fourth-order valence-corrected chi connectivity index (χ4v) is 4.74. The maximum absolute atomic E-state index is 13.8. The van der Waals surface area contributed by atoms with Crippen molar-refractivity contribution >= 4 is 33.4 Å². The van der Waals surface area contributed by atoms with Crippen molar-refractivity contribution in [1.82, 2.24) is 14.5 Å². The molecule has 0 aliphatic carbocycles. The lowest BCUT2D eigenvalue weighted by atomic mass is 10.0.